The third kappa shape index (κ3) is 8.47. The molecule has 0 fully saturated rings. The molecular formula is C51H62N3O2Pt-. The van der Waals surface area contributed by atoms with Crippen LogP contribution < -0.4 is 9.64 Å². The Morgan fingerprint density at radius 2 is 1.30 bits per heavy atom. The summed E-state index contributed by atoms with van der Waals surface area (Å²) >= 11 is 0. The van der Waals surface area contributed by atoms with Gasteiger partial charge in [0.25, 0.3) is 0 Å². The summed E-state index contributed by atoms with van der Waals surface area (Å²) in [6.07, 6.45) is 2.08. The topological polar surface area (TPSA) is 58.0 Å². The first-order valence-electron chi connectivity index (χ1n) is 20.4. The number of hydrogen-bond acceptors (Lipinski definition) is 5. The Bertz CT molecular complexity index is 2310. The number of hydrogen-bond donors (Lipinski definition) is 1. The van der Waals surface area contributed by atoms with E-state index in [0.29, 0.717) is 17.1 Å². The molecule has 6 heteroatoms. The maximum absolute atomic E-state index is 11.1. The molecule has 1 aromatic heterocycles. The second kappa shape index (κ2) is 14.7. The van der Waals surface area contributed by atoms with Crippen molar-refractivity contribution in [1.82, 2.24) is 4.98 Å². The van der Waals surface area contributed by atoms with Crippen molar-refractivity contribution in [3.8, 4) is 17.4 Å². The minimum absolute atomic E-state index is 0. The number of ether oxygens (including phenoxy) is 1. The number of nitrogens with zero attached hydrogens (tertiary/aromatic N) is 3. The molecule has 4 aromatic carbocycles. The van der Waals surface area contributed by atoms with Crippen LogP contribution in [-0.4, -0.2) is 22.0 Å². The number of phenolic OH excluding ortho intramolecular Hbond substituents is 1. The zero-order chi connectivity index (χ0) is 40.7. The van der Waals surface area contributed by atoms with Gasteiger partial charge >= 0.3 is 0 Å². The Labute approximate surface area is 356 Å². The number of amidine groups is 1. The fraction of sp³-hybridized carbons (Fsp3) is 0.451. The van der Waals surface area contributed by atoms with E-state index in [1.807, 2.05) is 18.2 Å². The second-order valence-electron chi connectivity index (χ2n) is 21.1. The molecule has 1 N–H and O–H groups in total. The van der Waals surface area contributed by atoms with Crippen LogP contribution in [0.15, 0.2) is 83.9 Å². The van der Waals surface area contributed by atoms with Gasteiger partial charge in [-0.3, -0.25) is 0 Å². The fourth-order valence-corrected chi connectivity index (χ4v) is 8.26. The van der Waals surface area contributed by atoms with Crippen molar-refractivity contribution in [2.75, 3.05) is 4.90 Å². The molecule has 0 amide bonds. The number of benzene rings is 4. The van der Waals surface area contributed by atoms with E-state index in [4.69, 9.17) is 14.7 Å². The fourth-order valence-electron chi connectivity index (χ4n) is 8.26. The smallest absolute Gasteiger partial charge is 0.217 e. The van der Waals surface area contributed by atoms with Crippen LogP contribution in [0.25, 0.3) is 10.9 Å². The number of phenols is 1. The zero-order valence-corrected chi connectivity index (χ0v) is 38.9. The van der Waals surface area contributed by atoms with E-state index in [-0.39, 0.29) is 66.0 Å². The van der Waals surface area contributed by atoms with E-state index < -0.39 is 0 Å². The first-order chi connectivity index (χ1) is 25.9. The Kier molecular flexibility index (Phi) is 11.0. The molecule has 0 radical (unpaired) electrons. The first-order valence-corrected chi connectivity index (χ1v) is 20.4. The summed E-state index contributed by atoms with van der Waals surface area (Å²) in [6, 6.07) is 32.0. The predicted molar refractivity (Wildman–Crippen MR) is 234 cm³/mol. The first kappa shape index (κ1) is 42.6. The molecule has 0 saturated heterocycles. The van der Waals surface area contributed by atoms with Gasteiger partial charge in [-0.1, -0.05) is 139 Å². The van der Waals surface area contributed by atoms with E-state index in [0.717, 1.165) is 40.8 Å². The average molecular weight is 944 g/mol. The van der Waals surface area contributed by atoms with Gasteiger partial charge in [-0.05, 0) is 98.1 Å². The molecule has 1 aliphatic carbocycles. The van der Waals surface area contributed by atoms with Gasteiger partial charge in [-0.2, -0.15) is 0 Å². The number of aromatic nitrogens is 1. The van der Waals surface area contributed by atoms with Crippen molar-refractivity contribution in [3.05, 3.63) is 124 Å². The molecule has 5 nitrogen and oxygen atoms in total. The monoisotopic (exact) mass is 943 g/mol. The molecule has 304 valence electrons. The maximum atomic E-state index is 11.1. The molecule has 7 rings (SSSR count). The van der Waals surface area contributed by atoms with Crippen molar-refractivity contribution in [3.63, 3.8) is 0 Å². The average Bonchev–Trinajstić information content (AvgIpc) is 3.47. The van der Waals surface area contributed by atoms with Crippen molar-refractivity contribution >= 4 is 22.4 Å². The number of pyridine rings is 1. The van der Waals surface area contributed by atoms with Crippen LogP contribution in [0.1, 0.15) is 148 Å². The summed E-state index contributed by atoms with van der Waals surface area (Å²) in [5.41, 5.74) is 9.61. The van der Waals surface area contributed by atoms with Crippen molar-refractivity contribution in [2.45, 2.75) is 144 Å². The van der Waals surface area contributed by atoms with Gasteiger partial charge in [0.1, 0.15) is 11.3 Å². The Morgan fingerprint density at radius 1 is 0.719 bits per heavy atom. The van der Waals surface area contributed by atoms with E-state index in [1.54, 1.807) is 0 Å². The summed E-state index contributed by atoms with van der Waals surface area (Å²) in [5, 5.41) is 12.0. The number of aryl methyl sites for hydroxylation is 1. The van der Waals surface area contributed by atoms with Gasteiger partial charge in [0.15, 0.2) is 0 Å². The Hall–Kier alpha value is -3.95. The van der Waals surface area contributed by atoms with E-state index in [2.05, 4.69) is 169 Å². The van der Waals surface area contributed by atoms with Crippen LogP contribution in [0.3, 0.4) is 0 Å². The van der Waals surface area contributed by atoms with Gasteiger partial charge in [0.2, 0.25) is 5.88 Å². The molecule has 57 heavy (non-hydrogen) atoms. The quantitative estimate of drug-likeness (QED) is 0.182. The number of rotatable bonds is 4. The minimum Gasteiger partial charge on any atom is -0.506 e. The minimum atomic E-state index is -0.188. The van der Waals surface area contributed by atoms with Gasteiger partial charge in [-0.25, -0.2) is 4.98 Å². The third-order valence-corrected chi connectivity index (χ3v) is 12.0. The molecular weight excluding hydrogens is 882 g/mol. The van der Waals surface area contributed by atoms with Gasteiger partial charge in [0, 0.05) is 44.0 Å². The molecule has 2 heterocycles. The van der Waals surface area contributed by atoms with Gasteiger partial charge in [-0.15, -0.1) is 17.2 Å². The van der Waals surface area contributed by atoms with Crippen LogP contribution in [0.2, 0.25) is 0 Å². The number of fused-ring (bicyclic) bond motifs is 4. The molecule has 0 bridgehead atoms. The summed E-state index contributed by atoms with van der Waals surface area (Å²) in [4.78, 5) is 13.2. The molecule has 0 saturated carbocycles. The van der Waals surface area contributed by atoms with Crippen LogP contribution >= 0.6 is 0 Å². The van der Waals surface area contributed by atoms with E-state index >= 15 is 0 Å². The van der Waals surface area contributed by atoms with Crippen LogP contribution in [0, 0.1) is 11.5 Å². The number of aliphatic imine (C=N–C) groups is 1. The third-order valence-electron chi connectivity index (χ3n) is 12.0. The second-order valence-corrected chi connectivity index (χ2v) is 21.1. The zero-order valence-electron chi connectivity index (χ0n) is 36.6. The normalized spacial score (nSPS) is 18.4. The Balaban J connectivity index is 0.00000549. The summed E-state index contributed by atoms with van der Waals surface area (Å²) < 4.78 is 6.63. The van der Waals surface area contributed by atoms with Crippen molar-refractivity contribution in [1.29, 1.82) is 0 Å². The molecule has 2 aliphatic rings. The maximum Gasteiger partial charge on any atom is 0.217 e. The van der Waals surface area contributed by atoms with Gasteiger partial charge < -0.3 is 19.7 Å². The van der Waals surface area contributed by atoms with E-state index in [1.165, 1.54) is 27.9 Å². The van der Waals surface area contributed by atoms with Crippen molar-refractivity contribution in [2.24, 2.45) is 10.4 Å². The van der Waals surface area contributed by atoms with Crippen molar-refractivity contribution < 1.29 is 30.9 Å². The predicted octanol–water partition coefficient (Wildman–Crippen LogP) is 13.1. The largest absolute Gasteiger partial charge is 0.506 e. The number of anilines is 1. The summed E-state index contributed by atoms with van der Waals surface area (Å²) in [6.45, 7) is 31.8. The molecule has 2 atom stereocenters. The van der Waals surface area contributed by atoms with Gasteiger partial charge in [0.05, 0.1) is 17.9 Å². The van der Waals surface area contributed by atoms with Crippen LogP contribution in [0.4, 0.5) is 5.69 Å². The molecule has 0 spiro atoms. The Morgan fingerprint density at radius 3 is 1.91 bits per heavy atom. The van der Waals surface area contributed by atoms with Crippen LogP contribution in [-0.2, 0) is 49.1 Å². The molecule has 1 aliphatic heterocycles. The summed E-state index contributed by atoms with van der Waals surface area (Å²) in [5.74, 6) is 2.03. The van der Waals surface area contributed by atoms with E-state index in [9.17, 15) is 5.11 Å². The SMILES string of the molecule is CC(C)(C)c1cc(Oc2ccc3cc(C(C)(C)C)cc(O)c3n2)[c-]c(C2=N[C@H]3c4ccccc4CCC(C)(C)[C@H]3N2c2cc(C(C)(C)C)cc(C(C)(C)C)c2)c1.[Pt]. The molecule has 5 aromatic rings. The number of aromatic hydroxyl groups is 1. The molecule has 0 unspecified atom stereocenters. The van der Waals surface area contributed by atoms with Crippen LogP contribution in [0.5, 0.6) is 17.4 Å². The summed E-state index contributed by atoms with van der Waals surface area (Å²) in [7, 11) is 0. The standard InChI is InChI=1S/C51H62N3O2.Pt/c1-47(2,3)34-24-33(25-39(29-34)56-42-20-19-32-23-35(48(4,5)6)30-41(55)43(32)52-42)46-53-44-40-18-16-15-17-31(40)21-22-51(13,14)45(44)54(46)38-27-36(49(7,8)9)26-37(28-38)50(10,11)12;/h15-20,23-24,26-30,44-45,55H,21-22H2,1-14H3;/q-1;/t44-,45-;/m0./s1.